The number of ether oxygens (including phenoxy) is 2. The Kier molecular flexibility index (Phi) is 5.91. The van der Waals surface area contributed by atoms with Crippen molar-refractivity contribution in [2.45, 2.75) is 6.10 Å². The molecule has 0 saturated carbocycles. The fraction of sp³-hybridized carbons (Fsp3) is 0.278. The predicted molar refractivity (Wildman–Crippen MR) is 106 cm³/mol. The van der Waals surface area contributed by atoms with E-state index in [1.165, 1.54) is 0 Å². The van der Waals surface area contributed by atoms with E-state index in [0.29, 0.717) is 28.3 Å². The van der Waals surface area contributed by atoms with Crippen molar-refractivity contribution in [1.29, 1.82) is 0 Å². The summed E-state index contributed by atoms with van der Waals surface area (Å²) in [4.78, 5) is 12.3. The van der Waals surface area contributed by atoms with Crippen LogP contribution in [0.15, 0.2) is 53.0 Å². The summed E-state index contributed by atoms with van der Waals surface area (Å²) in [7, 11) is -3.63. The molecule has 2 aromatic carbocycles. The molecule has 1 amide bonds. The Morgan fingerprint density at radius 3 is 2.56 bits per heavy atom. The van der Waals surface area contributed by atoms with E-state index < -0.39 is 15.9 Å². The fourth-order valence-corrected chi connectivity index (χ4v) is 4.10. The van der Waals surface area contributed by atoms with Crippen molar-refractivity contribution in [1.82, 2.24) is 5.32 Å². The van der Waals surface area contributed by atoms with Gasteiger partial charge in [0, 0.05) is 4.47 Å². The lowest BCUT2D eigenvalue weighted by atomic mass is 10.2. The Bertz CT molecular complexity index is 935. The first kappa shape index (κ1) is 19.5. The number of sulfonamides is 1. The van der Waals surface area contributed by atoms with E-state index in [1.54, 1.807) is 30.3 Å². The summed E-state index contributed by atoms with van der Waals surface area (Å²) in [6.07, 6.45) is 0.716. The van der Waals surface area contributed by atoms with E-state index in [0.717, 1.165) is 10.6 Å². The molecule has 1 atom stereocenters. The van der Waals surface area contributed by atoms with E-state index in [-0.39, 0.29) is 19.2 Å². The number of nitrogens with one attached hydrogen (secondary N) is 1. The summed E-state index contributed by atoms with van der Waals surface area (Å²) in [5.74, 6) is 0.852. The third kappa shape index (κ3) is 4.92. The van der Waals surface area contributed by atoms with Gasteiger partial charge < -0.3 is 14.8 Å². The zero-order valence-corrected chi connectivity index (χ0v) is 17.0. The molecule has 0 fully saturated rings. The first-order chi connectivity index (χ1) is 12.8. The van der Waals surface area contributed by atoms with Crippen LogP contribution in [0.4, 0.5) is 5.69 Å². The minimum absolute atomic E-state index is 0.209. The maximum absolute atomic E-state index is 12.3. The Balaban J connectivity index is 1.62. The quantitative estimate of drug-likeness (QED) is 0.722. The van der Waals surface area contributed by atoms with E-state index in [4.69, 9.17) is 9.47 Å². The summed E-state index contributed by atoms with van der Waals surface area (Å²) in [6.45, 7) is 0.184. The summed E-state index contributed by atoms with van der Waals surface area (Å²) in [6, 6.07) is 14.1. The SMILES string of the molecule is CS(=O)(=O)N(CC(=O)NC[C@H]1COc2ccccc2O1)c1ccccc1Br. The van der Waals surface area contributed by atoms with Gasteiger partial charge in [-0.05, 0) is 40.2 Å². The monoisotopic (exact) mass is 454 g/mol. The van der Waals surface area contributed by atoms with Gasteiger partial charge in [-0.2, -0.15) is 0 Å². The van der Waals surface area contributed by atoms with E-state index in [9.17, 15) is 13.2 Å². The predicted octanol–water partition coefficient (Wildman–Crippen LogP) is 2.17. The van der Waals surface area contributed by atoms with Gasteiger partial charge in [0.15, 0.2) is 11.5 Å². The smallest absolute Gasteiger partial charge is 0.240 e. The van der Waals surface area contributed by atoms with E-state index >= 15 is 0 Å². The van der Waals surface area contributed by atoms with Crippen molar-refractivity contribution in [3.63, 3.8) is 0 Å². The normalized spacial score (nSPS) is 15.9. The van der Waals surface area contributed by atoms with Gasteiger partial charge >= 0.3 is 0 Å². The van der Waals surface area contributed by atoms with E-state index in [1.807, 2.05) is 18.2 Å². The molecular weight excluding hydrogens is 436 g/mol. The van der Waals surface area contributed by atoms with Gasteiger partial charge in [0.05, 0.1) is 18.5 Å². The van der Waals surface area contributed by atoms with Crippen molar-refractivity contribution in [3.05, 3.63) is 53.0 Å². The summed E-state index contributed by atoms with van der Waals surface area (Å²) < 4.78 is 37.3. The largest absolute Gasteiger partial charge is 0.486 e. The molecule has 1 N–H and O–H groups in total. The fourth-order valence-electron chi connectivity index (χ4n) is 2.61. The Hall–Kier alpha value is -2.26. The number of benzene rings is 2. The highest BCUT2D eigenvalue weighted by atomic mass is 79.9. The highest BCUT2D eigenvalue weighted by Gasteiger charge is 2.24. The summed E-state index contributed by atoms with van der Waals surface area (Å²) in [5.41, 5.74) is 0.404. The molecule has 0 bridgehead atoms. The van der Waals surface area contributed by atoms with Crippen LogP contribution in [0.2, 0.25) is 0 Å². The molecule has 1 aliphatic heterocycles. The van der Waals surface area contributed by atoms with Gasteiger partial charge in [-0.15, -0.1) is 0 Å². The average molecular weight is 455 g/mol. The number of hydrogen-bond acceptors (Lipinski definition) is 5. The molecule has 1 heterocycles. The zero-order chi connectivity index (χ0) is 19.4. The molecule has 0 aromatic heterocycles. The second kappa shape index (κ2) is 8.18. The topological polar surface area (TPSA) is 84.9 Å². The zero-order valence-electron chi connectivity index (χ0n) is 14.6. The van der Waals surface area contributed by atoms with Crippen LogP contribution in [-0.2, 0) is 14.8 Å². The Morgan fingerprint density at radius 2 is 1.85 bits per heavy atom. The Labute approximate surface area is 166 Å². The first-order valence-electron chi connectivity index (χ1n) is 8.22. The van der Waals surface area contributed by atoms with Crippen LogP contribution < -0.4 is 19.1 Å². The van der Waals surface area contributed by atoms with Crippen molar-refractivity contribution < 1.29 is 22.7 Å². The molecule has 3 rings (SSSR count). The second-order valence-corrected chi connectivity index (χ2v) is 8.78. The van der Waals surface area contributed by atoms with Gasteiger partial charge in [-0.25, -0.2) is 8.42 Å². The maximum atomic E-state index is 12.3. The van der Waals surface area contributed by atoms with Crippen LogP contribution >= 0.6 is 15.9 Å². The Morgan fingerprint density at radius 1 is 1.19 bits per heavy atom. The van der Waals surface area contributed by atoms with Crippen LogP contribution in [0.1, 0.15) is 0 Å². The lowest BCUT2D eigenvalue weighted by molar-refractivity contribution is -0.120. The van der Waals surface area contributed by atoms with Crippen LogP contribution in [0, 0.1) is 0 Å². The number of anilines is 1. The third-order valence-corrected chi connectivity index (χ3v) is 5.70. The molecule has 7 nitrogen and oxygen atoms in total. The molecule has 0 unspecified atom stereocenters. The van der Waals surface area contributed by atoms with Gasteiger partial charge in [0.2, 0.25) is 15.9 Å². The van der Waals surface area contributed by atoms with E-state index in [2.05, 4.69) is 21.2 Å². The number of amides is 1. The second-order valence-electron chi connectivity index (χ2n) is 6.02. The standard InChI is InChI=1S/C18H19BrN2O5S/c1-27(23,24)21(15-7-3-2-6-14(15)19)11-18(22)20-10-13-12-25-16-8-4-5-9-17(16)26-13/h2-9,13H,10-12H2,1H3,(H,20,22)/t13-/m0/s1. The van der Waals surface area contributed by atoms with Crippen LogP contribution in [0.5, 0.6) is 11.5 Å². The molecule has 2 aromatic rings. The maximum Gasteiger partial charge on any atom is 0.240 e. The number of carbonyl (C=O) groups is 1. The minimum atomic E-state index is -3.63. The highest BCUT2D eigenvalue weighted by molar-refractivity contribution is 9.10. The average Bonchev–Trinajstić information content (AvgIpc) is 2.64. The lowest BCUT2D eigenvalue weighted by Gasteiger charge is -2.27. The number of hydrogen-bond donors (Lipinski definition) is 1. The van der Waals surface area contributed by atoms with Crippen molar-refractivity contribution >= 4 is 37.5 Å². The van der Waals surface area contributed by atoms with Crippen molar-refractivity contribution in [3.8, 4) is 11.5 Å². The number of halogens is 1. The molecule has 0 radical (unpaired) electrons. The number of carbonyl (C=O) groups excluding carboxylic acids is 1. The van der Waals surface area contributed by atoms with Crippen molar-refractivity contribution in [2.75, 3.05) is 30.3 Å². The minimum Gasteiger partial charge on any atom is -0.486 e. The number of rotatable bonds is 6. The van der Waals surface area contributed by atoms with Gasteiger partial charge in [-0.3, -0.25) is 9.10 Å². The lowest BCUT2D eigenvalue weighted by Crippen LogP contribution is -2.45. The molecule has 144 valence electrons. The first-order valence-corrected chi connectivity index (χ1v) is 10.9. The van der Waals surface area contributed by atoms with Crippen LogP contribution in [0.3, 0.4) is 0 Å². The third-order valence-electron chi connectivity index (χ3n) is 3.90. The molecule has 0 spiro atoms. The molecule has 27 heavy (non-hydrogen) atoms. The molecular formula is C18H19BrN2O5S. The van der Waals surface area contributed by atoms with Gasteiger partial charge in [-0.1, -0.05) is 24.3 Å². The molecule has 0 aliphatic carbocycles. The summed E-state index contributed by atoms with van der Waals surface area (Å²) >= 11 is 3.32. The van der Waals surface area contributed by atoms with Crippen LogP contribution in [0.25, 0.3) is 0 Å². The number of fused-ring (bicyclic) bond motifs is 1. The molecule has 0 saturated heterocycles. The summed E-state index contributed by atoms with van der Waals surface area (Å²) in [5, 5.41) is 2.71. The number of nitrogens with zero attached hydrogens (tertiary/aromatic N) is 1. The molecule has 9 heteroatoms. The van der Waals surface area contributed by atoms with Crippen LogP contribution in [-0.4, -0.2) is 46.4 Å². The molecule has 1 aliphatic rings. The highest BCUT2D eigenvalue weighted by Crippen LogP contribution is 2.30. The van der Waals surface area contributed by atoms with Gasteiger partial charge in [0.25, 0.3) is 0 Å². The number of para-hydroxylation sites is 3. The van der Waals surface area contributed by atoms with Crippen molar-refractivity contribution in [2.24, 2.45) is 0 Å². The van der Waals surface area contributed by atoms with Gasteiger partial charge in [0.1, 0.15) is 19.3 Å².